The Morgan fingerprint density at radius 2 is 1.39 bits per heavy atom. The van der Waals surface area contributed by atoms with E-state index in [0.717, 1.165) is 44.9 Å². The Morgan fingerprint density at radius 1 is 0.854 bits per heavy atom. The van der Waals surface area contributed by atoms with Gasteiger partial charge in [0.1, 0.15) is 28.7 Å². The number of hydrogen-bond donors (Lipinski definition) is 0. The summed E-state index contributed by atoms with van der Waals surface area (Å²) in [6, 6.07) is 1.10. The Labute approximate surface area is 236 Å². The minimum Gasteiger partial charge on any atom is -0.455 e. The molecule has 228 valence electrons. The molecular formula is C28H28ClF9O3. The molecule has 13 heteroatoms. The van der Waals surface area contributed by atoms with Gasteiger partial charge in [-0.1, -0.05) is 63.5 Å². The van der Waals surface area contributed by atoms with Crippen molar-refractivity contribution in [3.63, 3.8) is 0 Å². The second-order valence-corrected chi connectivity index (χ2v) is 10.3. The van der Waals surface area contributed by atoms with Crippen LogP contribution < -0.4 is 14.2 Å². The molecule has 0 radical (unpaired) electrons. The molecule has 0 unspecified atom stereocenters. The molecule has 1 aliphatic rings. The fourth-order valence-electron chi connectivity index (χ4n) is 4.79. The summed E-state index contributed by atoms with van der Waals surface area (Å²) in [4.78, 5) is 0. The van der Waals surface area contributed by atoms with E-state index in [0.29, 0.717) is 12.0 Å². The van der Waals surface area contributed by atoms with E-state index in [9.17, 15) is 39.5 Å². The lowest BCUT2D eigenvalue weighted by Crippen LogP contribution is -2.28. The van der Waals surface area contributed by atoms with Crippen molar-refractivity contribution in [2.75, 3.05) is 0 Å². The SMILES string of the molecule is CCCCC1CCC(CCC(F)(F)Oc2cc(F)c(C(F)(F)Oc3cc(F)c(OC=C(F)F)c(Cl)c3)c(F)c2)CC1. The van der Waals surface area contributed by atoms with Crippen LogP contribution in [-0.4, -0.2) is 6.11 Å². The second-order valence-electron chi connectivity index (χ2n) is 9.93. The topological polar surface area (TPSA) is 27.7 Å². The molecule has 0 bridgehead atoms. The van der Waals surface area contributed by atoms with E-state index in [1.165, 1.54) is 0 Å². The number of ether oxygens (including phenoxy) is 3. The van der Waals surface area contributed by atoms with E-state index in [4.69, 9.17) is 11.6 Å². The van der Waals surface area contributed by atoms with Crippen LogP contribution in [0.1, 0.15) is 70.3 Å². The zero-order chi connectivity index (χ0) is 30.4. The van der Waals surface area contributed by atoms with E-state index in [1.807, 2.05) is 0 Å². The fourth-order valence-corrected chi connectivity index (χ4v) is 5.04. The molecule has 0 N–H and O–H groups in total. The minimum absolute atomic E-state index is 0.0642. The molecule has 1 fully saturated rings. The normalized spacial score (nSPS) is 17.7. The van der Waals surface area contributed by atoms with E-state index >= 15 is 0 Å². The van der Waals surface area contributed by atoms with Gasteiger partial charge in [0.15, 0.2) is 17.8 Å². The van der Waals surface area contributed by atoms with Crippen LogP contribution in [0.4, 0.5) is 39.5 Å². The van der Waals surface area contributed by atoms with Crippen LogP contribution in [-0.2, 0) is 6.11 Å². The molecule has 0 heterocycles. The summed E-state index contributed by atoms with van der Waals surface area (Å²) in [6.45, 7) is 2.11. The van der Waals surface area contributed by atoms with Gasteiger partial charge in [0, 0.05) is 24.3 Å². The maximum Gasteiger partial charge on any atom is 0.432 e. The molecule has 41 heavy (non-hydrogen) atoms. The van der Waals surface area contributed by atoms with Crippen LogP contribution in [0, 0.1) is 29.3 Å². The number of unbranched alkanes of at least 4 members (excludes halogenated alkanes) is 1. The van der Waals surface area contributed by atoms with Crippen LogP contribution in [0.3, 0.4) is 0 Å². The number of halogens is 10. The van der Waals surface area contributed by atoms with Crippen molar-refractivity contribution >= 4 is 11.6 Å². The van der Waals surface area contributed by atoms with Crippen LogP contribution in [0.5, 0.6) is 17.2 Å². The van der Waals surface area contributed by atoms with Gasteiger partial charge in [-0.2, -0.15) is 26.3 Å². The zero-order valence-corrected chi connectivity index (χ0v) is 22.7. The van der Waals surface area contributed by atoms with E-state index in [1.54, 1.807) is 0 Å². The Kier molecular flexibility index (Phi) is 11.1. The van der Waals surface area contributed by atoms with Gasteiger partial charge in [-0.05, 0) is 18.3 Å². The van der Waals surface area contributed by atoms with Gasteiger partial charge in [-0.25, -0.2) is 13.2 Å². The molecule has 0 atom stereocenters. The molecule has 0 spiro atoms. The predicted molar refractivity (Wildman–Crippen MR) is 133 cm³/mol. The summed E-state index contributed by atoms with van der Waals surface area (Å²) in [5.74, 6) is -7.80. The quantitative estimate of drug-likeness (QED) is 0.165. The molecule has 0 amide bonds. The number of alkyl halides is 4. The maximum absolute atomic E-state index is 14.7. The molecule has 1 aliphatic carbocycles. The summed E-state index contributed by atoms with van der Waals surface area (Å²) >= 11 is 5.64. The molecular weight excluding hydrogens is 591 g/mol. The molecule has 2 aromatic rings. The largest absolute Gasteiger partial charge is 0.455 e. The molecule has 2 aromatic carbocycles. The molecule has 3 rings (SSSR count). The molecule has 0 aromatic heterocycles. The maximum atomic E-state index is 14.7. The Hall–Kier alpha value is -2.76. The van der Waals surface area contributed by atoms with Crippen molar-refractivity contribution in [1.29, 1.82) is 0 Å². The van der Waals surface area contributed by atoms with Crippen molar-refractivity contribution in [2.24, 2.45) is 11.8 Å². The van der Waals surface area contributed by atoms with Gasteiger partial charge in [0.25, 0.3) is 0 Å². The highest BCUT2D eigenvalue weighted by Crippen LogP contribution is 2.41. The minimum atomic E-state index is -4.78. The van der Waals surface area contributed by atoms with Crippen LogP contribution in [0.15, 0.2) is 36.6 Å². The van der Waals surface area contributed by atoms with Crippen molar-refractivity contribution in [3.8, 4) is 17.2 Å². The number of benzene rings is 2. The van der Waals surface area contributed by atoms with Crippen LogP contribution in [0.2, 0.25) is 5.02 Å². The first-order valence-electron chi connectivity index (χ1n) is 13.0. The third-order valence-electron chi connectivity index (χ3n) is 6.83. The predicted octanol–water partition coefficient (Wildman–Crippen LogP) is 10.8. The van der Waals surface area contributed by atoms with Gasteiger partial charge in [0.05, 0.1) is 11.4 Å². The highest BCUT2D eigenvalue weighted by Gasteiger charge is 2.42. The van der Waals surface area contributed by atoms with E-state index in [2.05, 4.69) is 21.1 Å². The van der Waals surface area contributed by atoms with Gasteiger partial charge in [0.2, 0.25) is 0 Å². The van der Waals surface area contributed by atoms with Crippen molar-refractivity contribution in [1.82, 2.24) is 0 Å². The Bertz CT molecular complexity index is 1160. The molecule has 0 saturated heterocycles. The van der Waals surface area contributed by atoms with Crippen molar-refractivity contribution in [3.05, 3.63) is 64.6 Å². The average Bonchev–Trinajstić information content (AvgIpc) is 2.85. The number of rotatable bonds is 13. The van der Waals surface area contributed by atoms with E-state index in [-0.39, 0.29) is 36.8 Å². The zero-order valence-electron chi connectivity index (χ0n) is 21.9. The van der Waals surface area contributed by atoms with Gasteiger partial charge in [-0.3, -0.25) is 0 Å². The van der Waals surface area contributed by atoms with Gasteiger partial charge < -0.3 is 14.2 Å². The Morgan fingerprint density at radius 3 is 1.93 bits per heavy atom. The second kappa shape index (κ2) is 13.9. The lowest BCUT2D eigenvalue weighted by Gasteiger charge is -2.29. The first kappa shape index (κ1) is 32.8. The lowest BCUT2D eigenvalue weighted by molar-refractivity contribution is -0.190. The summed E-state index contributed by atoms with van der Waals surface area (Å²) in [5, 5.41) is -0.773. The summed E-state index contributed by atoms with van der Waals surface area (Å²) in [5.41, 5.74) is -1.97. The first-order chi connectivity index (χ1) is 19.2. The Balaban J connectivity index is 1.65. The summed E-state index contributed by atoms with van der Waals surface area (Å²) in [7, 11) is 0. The standard InChI is InChI=1S/C28H28ClF9O3/c1-2-3-4-16-5-7-17(8-6-16)9-10-27(35,36)40-19-12-21(30)25(22(31)13-19)28(37,38)41-18-11-20(29)26(23(32)14-18)39-15-24(33)34/h11-17H,2-10H2,1H3. The van der Waals surface area contributed by atoms with Gasteiger partial charge in [-0.15, -0.1) is 0 Å². The third-order valence-corrected chi connectivity index (χ3v) is 7.11. The fraction of sp³-hybridized carbons (Fsp3) is 0.500. The lowest BCUT2D eigenvalue weighted by atomic mass is 9.78. The number of hydrogen-bond acceptors (Lipinski definition) is 3. The van der Waals surface area contributed by atoms with Gasteiger partial charge >= 0.3 is 18.3 Å². The monoisotopic (exact) mass is 618 g/mol. The molecule has 3 nitrogen and oxygen atoms in total. The third kappa shape index (κ3) is 9.37. The smallest absolute Gasteiger partial charge is 0.432 e. The van der Waals surface area contributed by atoms with E-state index < -0.39 is 70.0 Å². The summed E-state index contributed by atoms with van der Waals surface area (Å²) in [6.07, 6.45) is -4.82. The van der Waals surface area contributed by atoms with Crippen molar-refractivity contribution in [2.45, 2.75) is 76.9 Å². The van der Waals surface area contributed by atoms with Crippen LogP contribution >= 0.6 is 11.6 Å². The van der Waals surface area contributed by atoms with Crippen molar-refractivity contribution < 1.29 is 53.7 Å². The highest BCUT2D eigenvalue weighted by molar-refractivity contribution is 6.32. The first-order valence-corrected chi connectivity index (χ1v) is 13.4. The summed E-state index contributed by atoms with van der Waals surface area (Å²) < 4.78 is 139. The van der Waals surface area contributed by atoms with Crippen LogP contribution in [0.25, 0.3) is 0 Å². The average molecular weight is 619 g/mol. The highest BCUT2D eigenvalue weighted by atomic mass is 35.5. The molecule has 1 saturated carbocycles. The molecule has 0 aliphatic heterocycles.